The highest BCUT2D eigenvalue weighted by Crippen LogP contribution is 2.24. The second kappa shape index (κ2) is 9.08. The highest BCUT2D eigenvalue weighted by atomic mass is 16.5. The van der Waals surface area contributed by atoms with Crippen LogP contribution in [-0.4, -0.2) is 21.7 Å². The van der Waals surface area contributed by atoms with Crippen LogP contribution in [0.25, 0.3) is 10.8 Å². The van der Waals surface area contributed by atoms with Crippen LogP contribution >= 0.6 is 0 Å². The lowest BCUT2D eigenvalue weighted by Gasteiger charge is -2.19. The van der Waals surface area contributed by atoms with Gasteiger partial charge in [0.05, 0.1) is 5.39 Å². The zero-order valence-electron chi connectivity index (χ0n) is 18.5. The summed E-state index contributed by atoms with van der Waals surface area (Å²) in [4.78, 5) is 38.9. The third-order valence-electron chi connectivity index (χ3n) is 5.37. The summed E-state index contributed by atoms with van der Waals surface area (Å²) in [6.07, 6.45) is -1.21. The molecule has 1 amide bonds. The maximum atomic E-state index is 13.3. The van der Waals surface area contributed by atoms with E-state index in [1.165, 1.54) is 7.05 Å². The third kappa shape index (κ3) is 4.52. The van der Waals surface area contributed by atoms with E-state index >= 15 is 0 Å². The molecule has 0 aliphatic rings. The second-order valence-corrected chi connectivity index (χ2v) is 7.83. The van der Waals surface area contributed by atoms with Crippen molar-refractivity contribution in [3.05, 3.63) is 106 Å². The highest BCUT2D eigenvalue weighted by molar-refractivity contribution is 6.04. The average molecular weight is 441 g/mol. The SMILES string of the molecule is Cc1ccc(C)c(NC(=O)[C@@H](OC(=O)c2nn(C)c(=O)c3ccccc23)c2ccccc2)c1. The first-order valence-electron chi connectivity index (χ1n) is 10.5. The van der Waals surface area contributed by atoms with Gasteiger partial charge in [-0.3, -0.25) is 9.59 Å². The van der Waals surface area contributed by atoms with Crippen molar-refractivity contribution in [3.63, 3.8) is 0 Å². The van der Waals surface area contributed by atoms with Gasteiger partial charge in [0.25, 0.3) is 11.5 Å². The van der Waals surface area contributed by atoms with Crippen LogP contribution in [0.3, 0.4) is 0 Å². The smallest absolute Gasteiger partial charge is 0.360 e. The molecule has 0 bridgehead atoms. The van der Waals surface area contributed by atoms with Gasteiger partial charge in [0, 0.05) is 23.7 Å². The fourth-order valence-electron chi connectivity index (χ4n) is 3.58. The monoisotopic (exact) mass is 441 g/mol. The van der Waals surface area contributed by atoms with Crippen LogP contribution in [-0.2, 0) is 16.6 Å². The van der Waals surface area contributed by atoms with Gasteiger partial charge in [-0.25, -0.2) is 9.48 Å². The first kappa shape index (κ1) is 22.0. The van der Waals surface area contributed by atoms with Crippen molar-refractivity contribution >= 4 is 28.3 Å². The van der Waals surface area contributed by atoms with E-state index in [0.29, 0.717) is 22.0 Å². The number of hydrogen-bond donors (Lipinski definition) is 1. The lowest BCUT2D eigenvalue weighted by molar-refractivity contribution is -0.125. The van der Waals surface area contributed by atoms with Crippen LogP contribution in [0.2, 0.25) is 0 Å². The molecule has 0 unspecified atom stereocenters. The third-order valence-corrected chi connectivity index (χ3v) is 5.37. The topological polar surface area (TPSA) is 90.3 Å². The second-order valence-electron chi connectivity index (χ2n) is 7.83. The Balaban J connectivity index is 1.71. The van der Waals surface area contributed by atoms with Crippen LogP contribution in [0.4, 0.5) is 5.69 Å². The normalized spacial score (nSPS) is 11.7. The summed E-state index contributed by atoms with van der Waals surface area (Å²) in [7, 11) is 1.47. The lowest BCUT2D eigenvalue weighted by Crippen LogP contribution is -2.28. The Kier molecular flexibility index (Phi) is 6.04. The van der Waals surface area contributed by atoms with Crippen LogP contribution in [0.5, 0.6) is 0 Å². The van der Waals surface area contributed by atoms with Crippen molar-refractivity contribution in [3.8, 4) is 0 Å². The maximum absolute atomic E-state index is 13.3. The minimum absolute atomic E-state index is 0.0341. The van der Waals surface area contributed by atoms with Crippen molar-refractivity contribution in [1.29, 1.82) is 0 Å². The van der Waals surface area contributed by atoms with Crippen LogP contribution in [0.15, 0.2) is 77.6 Å². The molecule has 166 valence electrons. The Bertz CT molecular complexity index is 1410. The molecule has 4 aromatic rings. The van der Waals surface area contributed by atoms with Crippen molar-refractivity contribution < 1.29 is 14.3 Å². The van der Waals surface area contributed by atoms with Crippen molar-refractivity contribution in [2.75, 3.05) is 5.32 Å². The standard InChI is InChI=1S/C26H23N3O4/c1-16-13-14-17(2)21(15-16)27-24(30)23(18-9-5-4-6-10-18)33-26(32)22-19-11-7-8-12-20(19)25(31)29(3)28-22/h4-15,23H,1-3H3,(H,27,30)/t23-/m0/s1. The molecule has 0 fully saturated rings. The predicted molar refractivity (Wildman–Crippen MR) is 126 cm³/mol. The number of hydrogen-bond acceptors (Lipinski definition) is 5. The molecule has 7 nitrogen and oxygen atoms in total. The summed E-state index contributed by atoms with van der Waals surface area (Å²) >= 11 is 0. The predicted octanol–water partition coefficient (Wildman–Crippen LogP) is 4.09. The highest BCUT2D eigenvalue weighted by Gasteiger charge is 2.28. The molecule has 0 aliphatic heterocycles. The summed E-state index contributed by atoms with van der Waals surface area (Å²) in [5.41, 5.74) is 2.68. The van der Waals surface area contributed by atoms with Crippen molar-refractivity contribution in [2.45, 2.75) is 20.0 Å². The molecule has 1 aromatic heterocycles. The van der Waals surface area contributed by atoms with E-state index in [9.17, 15) is 14.4 Å². The summed E-state index contributed by atoms with van der Waals surface area (Å²) in [5.74, 6) is -1.29. The van der Waals surface area contributed by atoms with E-state index in [-0.39, 0.29) is 11.3 Å². The van der Waals surface area contributed by atoms with E-state index < -0.39 is 18.0 Å². The van der Waals surface area contributed by atoms with E-state index in [1.807, 2.05) is 38.1 Å². The number of ether oxygens (including phenoxy) is 1. The van der Waals surface area contributed by atoms with Gasteiger partial charge in [0.15, 0.2) is 5.69 Å². The zero-order chi connectivity index (χ0) is 23.5. The number of esters is 1. The van der Waals surface area contributed by atoms with E-state index in [4.69, 9.17) is 4.74 Å². The summed E-state index contributed by atoms with van der Waals surface area (Å²) in [6, 6.07) is 21.2. The summed E-state index contributed by atoms with van der Waals surface area (Å²) in [5, 5.41) is 7.70. The summed E-state index contributed by atoms with van der Waals surface area (Å²) in [6.45, 7) is 3.82. The fourth-order valence-corrected chi connectivity index (χ4v) is 3.58. The number of aryl methyl sites for hydroxylation is 3. The number of anilines is 1. The number of carbonyl (C=O) groups is 2. The molecule has 4 rings (SSSR count). The fraction of sp³-hybridized carbons (Fsp3) is 0.154. The van der Waals surface area contributed by atoms with Gasteiger partial charge in [0.1, 0.15) is 0 Å². The minimum atomic E-state index is -1.21. The number of carbonyl (C=O) groups excluding carboxylic acids is 2. The van der Waals surface area contributed by atoms with Crippen LogP contribution < -0.4 is 10.9 Å². The van der Waals surface area contributed by atoms with Gasteiger partial charge in [-0.1, -0.05) is 60.7 Å². The number of nitrogens with zero attached hydrogens (tertiary/aromatic N) is 2. The Hall–Kier alpha value is -4.26. The lowest BCUT2D eigenvalue weighted by atomic mass is 10.1. The largest absolute Gasteiger partial charge is 0.442 e. The molecule has 0 saturated carbocycles. The Morgan fingerprint density at radius 1 is 0.939 bits per heavy atom. The average Bonchev–Trinajstić information content (AvgIpc) is 2.82. The minimum Gasteiger partial charge on any atom is -0.442 e. The van der Waals surface area contributed by atoms with Gasteiger partial charge in [0.2, 0.25) is 6.10 Å². The van der Waals surface area contributed by atoms with Crippen molar-refractivity contribution in [1.82, 2.24) is 9.78 Å². The molecule has 1 heterocycles. The number of nitrogens with one attached hydrogen (secondary N) is 1. The van der Waals surface area contributed by atoms with Gasteiger partial charge in [-0.2, -0.15) is 5.10 Å². The molecular formula is C26H23N3O4. The molecule has 0 spiro atoms. The maximum Gasteiger partial charge on any atom is 0.360 e. The Morgan fingerprint density at radius 2 is 1.61 bits per heavy atom. The van der Waals surface area contributed by atoms with E-state index in [2.05, 4.69) is 10.4 Å². The number of fused-ring (bicyclic) bond motifs is 1. The molecule has 1 N–H and O–H groups in total. The van der Waals surface area contributed by atoms with E-state index in [0.717, 1.165) is 15.8 Å². The Labute approximate surface area is 190 Å². The van der Waals surface area contributed by atoms with Crippen molar-refractivity contribution in [2.24, 2.45) is 7.05 Å². The van der Waals surface area contributed by atoms with Gasteiger partial charge in [-0.15, -0.1) is 0 Å². The van der Waals surface area contributed by atoms with E-state index in [1.54, 1.807) is 48.5 Å². The molecule has 0 aliphatic carbocycles. The number of amides is 1. The van der Waals surface area contributed by atoms with Crippen LogP contribution in [0, 0.1) is 13.8 Å². The molecule has 0 saturated heterocycles. The van der Waals surface area contributed by atoms with Gasteiger partial charge >= 0.3 is 5.97 Å². The zero-order valence-corrected chi connectivity index (χ0v) is 18.5. The molecule has 1 atom stereocenters. The number of rotatable bonds is 5. The number of benzene rings is 3. The molecule has 3 aromatic carbocycles. The summed E-state index contributed by atoms with van der Waals surface area (Å²) < 4.78 is 6.79. The molecule has 7 heteroatoms. The quantitative estimate of drug-likeness (QED) is 0.471. The van der Waals surface area contributed by atoms with Crippen LogP contribution in [0.1, 0.15) is 33.3 Å². The first-order valence-corrected chi connectivity index (χ1v) is 10.5. The van der Waals surface area contributed by atoms with Gasteiger partial charge < -0.3 is 10.1 Å². The molecule has 33 heavy (non-hydrogen) atoms. The van der Waals surface area contributed by atoms with Gasteiger partial charge in [-0.05, 0) is 37.1 Å². The molecule has 0 radical (unpaired) electrons. The first-order chi connectivity index (χ1) is 15.8. The Morgan fingerprint density at radius 3 is 2.33 bits per heavy atom. The number of aromatic nitrogens is 2. The molecular weight excluding hydrogens is 418 g/mol.